The molecular formula is C16H20ClNO2. The van der Waals surface area contributed by atoms with Crippen molar-refractivity contribution < 1.29 is 9.15 Å². The zero-order valence-corrected chi connectivity index (χ0v) is 12.5. The van der Waals surface area contributed by atoms with E-state index in [-0.39, 0.29) is 0 Å². The molecule has 3 nitrogen and oxygen atoms in total. The van der Waals surface area contributed by atoms with Crippen LogP contribution in [0.1, 0.15) is 30.2 Å². The van der Waals surface area contributed by atoms with Crippen LogP contribution in [0.15, 0.2) is 41.0 Å². The second-order valence-corrected chi connectivity index (χ2v) is 5.10. The molecule has 20 heavy (non-hydrogen) atoms. The standard InChI is InChI=1S/C16H20ClNO2/c1-2-8-18-10-14-7-9-20-16(14)12-19-11-13-3-5-15(17)6-4-13/h3-7,9,18H,2,8,10-12H2,1H3. The first kappa shape index (κ1) is 15.1. The summed E-state index contributed by atoms with van der Waals surface area (Å²) in [4.78, 5) is 0. The molecule has 0 aliphatic carbocycles. The van der Waals surface area contributed by atoms with Crippen LogP contribution in [0.25, 0.3) is 0 Å². The molecule has 0 bridgehead atoms. The summed E-state index contributed by atoms with van der Waals surface area (Å²) in [6.07, 6.45) is 2.84. The lowest BCUT2D eigenvalue weighted by molar-refractivity contribution is 0.0921. The minimum atomic E-state index is 0.485. The summed E-state index contributed by atoms with van der Waals surface area (Å²) in [7, 11) is 0. The van der Waals surface area contributed by atoms with Gasteiger partial charge in [0, 0.05) is 17.1 Å². The highest BCUT2D eigenvalue weighted by atomic mass is 35.5. The lowest BCUT2D eigenvalue weighted by atomic mass is 10.2. The molecule has 2 rings (SSSR count). The van der Waals surface area contributed by atoms with E-state index in [2.05, 4.69) is 12.2 Å². The Morgan fingerprint density at radius 1 is 1.15 bits per heavy atom. The predicted molar refractivity (Wildman–Crippen MR) is 80.7 cm³/mol. The largest absolute Gasteiger partial charge is 0.467 e. The van der Waals surface area contributed by atoms with E-state index < -0.39 is 0 Å². The monoisotopic (exact) mass is 293 g/mol. The molecule has 1 N–H and O–H groups in total. The molecule has 0 saturated heterocycles. The van der Waals surface area contributed by atoms with Gasteiger partial charge in [0.1, 0.15) is 12.4 Å². The van der Waals surface area contributed by atoms with Gasteiger partial charge in [0.2, 0.25) is 0 Å². The third kappa shape index (κ3) is 4.67. The van der Waals surface area contributed by atoms with E-state index in [1.54, 1.807) is 6.26 Å². The van der Waals surface area contributed by atoms with E-state index in [1.165, 1.54) is 0 Å². The number of benzene rings is 1. The van der Waals surface area contributed by atoms with Gasteiger partial charge in [-0.15, -0.1) is 0 Å². The molecule has 1 aromatic heterocycles. The summed E-state index contributed by atoms with van der Waals surface area (Å²) < 4.78 is 11.2. The van der Waals surface area contributed by atoms with Crippen molar-refractivity contribution in [2.45, 2.75) is 33.1 Å². The second-order valence-electron chi connectivity index (χ2n) is 4.67. The summed E-state index contributed by atoms with van der Waals surface area (Å²) in [6.45, 7) is 5.02. The third-order valence-electron chi connectivity index (χ3n) is 3.00. The Labute approximate surface area is 124 Å². The van der Waals surface area contributed by atoms with Crippen LogP contribution in [0.4, 0.5) is 0 Å². The van der Waals surface area contributed by atoms with Crippen molar-refractivity contribution in [2.75, 3.05) is 6.54 Å². The van der Waals surface area contributed by atoms with Crippen LogP contribution in [-0.4, -0.2) is 6.54 Å². The van der Waals surface area contributed by atoms with Crippen molar-refractivity contribution in [2.24, 2.45) is 0 Å². The smallest absolute Gasteiger partial charge is 0.133 e. The van der Waals surface area contributed by atoms with Crippen molar-refractivity contribution in [3.8, 4) is 0 Å². The number of hydrogen-bond acceptors (Lipinski definition) is 3. The van der Waals surface area contributed by atoms with Crippen LogP contribution in [0, 0.1) is 0 Å². The van der Waals surface area contributed by atoms with Gasteiger partial charge < -0.3 is 14.5 Å². The fourth-order valence-corrected chi connectivity index (χ4v) is 2.02. The van der Waals surface area contributed by atoms with Gasteiger partial charge in [-0.25, -0.2) is 0 Å². The van der Waals surface area contributed by atoms with Crippen molar-refractivity contribution in [3.63, 3.8) is 0 Å². The molecule has 0 spiro atoms. The Balaban J connectivity index is 1.79. The zero-order valence-electron chi connectivity index (χ0n) is 11.7. The molecule has 1 aromatic carbocycles. The van der Waals surface area contributed by atoms with Gasteiger partial charge >= 0.3 is 0 Å². The Morgan fingerprint density at radius 3 is 2.70 bits per heavy atom. The fraction of sp³-hybridized carbons (Fsp3) is 0.375. The van der Waals surface area contributed by atoms with Crippen molar-refractivity contribution in [3.05, 3.63) is 58.5 Å². The van der Waals surface area contributed by atoms with E-state index >= 15 is 0 Å². The fourth-order valence-electron chi connectivity index (χ4n) is 1.89. The van der Waals surface area contributed by atoms with Crippen molar-refractivity contribution >= 4 is 11.6 Å². The molecule has 0 atom stereocenters. The first-order valence-corrected chi connectivity index (χ1v) is 7.25. The topological polar surface area (TPSA) is 34.4 Å². The molecule has 0 fully saturated rings. The molecule has 4 heteroatoms. The summed E-state index contributed by atoms with van der Waals surface area (Å²) in [5, 5.41) is 4.10. The highest BCUT2D eigenvalue weighted by Crippen LogP contribution is 2.14. The van der Waals surface area contributed by atoms with Gasteiger partial charge in [0.05, 0.1) is 12.9 Å². The Hall–Kier alpha value is -1.29. The Bertz CT molecular complexity index is 507. The predicted octanol–water partition coefficient (Wildman–Crippen LogP) is 4.15. The Kier molecular flexibility index (Phi) is 6.12. The van der Waals surface area contributed by atoms with Crippen LogP contribution >= 0.6 is 11.6 Å². The normalized spacial score (nSPS) is 10.9. The molecule has 1 heterocycles. The van der Waals surface area contributed by atoms with Crippen molar-refractivity contribution in [1.82, 2.24) is 5.32 Å². The van der Waals surface area contributed by atoms with Crippen molar-refractivity contribution in [1.29, 1.82) is 0 Å². The Morgan fingerprint density at radius 2 is 1.95 bits per heavy atom. The third-order valence-corrected chi connectivity index (χ3v) is 3.25. The van der Waals surface area contributed by atoms with Gasteiger partial charge in [-0.3, -0.25) is 0 Å². The van der Waals surface area contributed by atoms with Gasteiger partial charge in [0.15, 0.2) is 0 Å². The minimum absolute atomic E-state index is 0.485. The first-order chi connectivity index (χ1) is 9.79. The molecule has 2 aromatic rings. The van der Waals surface area contributed by atoms with Gasteiger partial charge in [0.25, 0.3) is 0 Å². The number of ether oxygens (including phenoxy) is 1. The van der Waals surface area contributed by atoms with Gasteiger partial charge in [-0.05, 0) is 36.7 Å². The average Bonchev–Trinajstić information content (AvgIpc) is 2.89. The average molecular weight is 294 g/mol. The molecule has 0 saturated carbocycles. The van der Waals surface area contributed by atoms with Crippen LogP contribution in [0.3, 0.4) is 0 Å². The molecule has 0 amide bonds. The maximum atomic E-state index is 5.85. The summed E-state index contributed by atoms with van der Waals surface area (Å²) in [6, 6.07) is 9.66. The molecular weight excluding hydrogens is 274 g/mol. The highest BCUT2D eigenvalue weighted by Gasteiger charge is 2.06. The second kappa shape index (κ2) is 8.10. The summed E-state index contributed by atoms with van der Waals surface area (Å²) in [5.74, 6) is 0.891. The van der Waals surface area contributed by atoms with E-state index in [4.69, 9.17) is 20.8 Å². The van der Waals surface area contributed by atoms with Crippen LogP contribution in [-0.2, 0) is 24.5 Å². The molecule has 0 radical (unpaired) electrons. The van der Waals surface area contributed by atoms with Gasteiger partial charge in [-0.2, -0.15) is 0 Å². The molecule has 0 unspecified atom stereocenters. The minimum Gasteiger partial charge on any atom is -0.467 e. The maximum absolute atomic E-state index is 5.85. The SMILES string of the molecule is CCCNCc1ccoc1COCc1ccc(Cl)cc1. The number of rotatable bonds is 8. The van der Waals surface area contributed by atoms with E-state index in [0.29, 0.717) is 13.2 Å². The highest BCUT2D eigenvalue weighted by molar-refractivity contribution is 6.30. The lowest BCUT2D eigenvalue weighted by Crippen LogP contribution is -2.14. The first-order valence-electron chi connectivity index (χ1n) is 6.87. The number of hydrogen-bond donors (Lipinski definition) is 1. The van der Waals surface area contributed by atoms with Crippen LogP contribution < -0.4 is 5.32 Å². The van der Waals surface area contributed by atoms with Crippen LogP contribution in [0.5, 0.6) is 0 Å². The molecule has 0 aliphatic heterocycles. The summed E-state index contributed by atoms with van der Waals surface area (Å²) in [5.41, 5.74) is 2.26. The maximum Gasteiger partial charge on any atom is 0.133 e. The van der Waals surface area contributed by atoms with E-state index in [9.17, 15) is 0 Å². The number of halogens is 1. The zero-order chi connectivity index (χ0) is 14.2. The quantitative estimate of drug-likeness (QED) is 0.743. The number of nitrogens with one attached hydrogen (secondary N) is 1. The van der Waals surface area contributed by atoms with Crippen LogP contribution in [0.2, 0.25) is 5.02 Å². The van der Waals surface area contributed by atoms with E-state index in [1.807, 2.05) is 30.3 Å². The molecule has 0 aliphatic rings. The number of furan rings is 1. The lowest BCUT2D eigenvalue weighted by Gasteiger charge is -2.06. The van der Waals surface area contributed by atoms with E-state index in [0.717, 1.165) is 41.4 Å². The molecule has 108 valence electrons. The summed E-state index contributed by atoms with van der Waals surface area (Å²) >= 11 is 5.85. The van der Waals surface area contributed by atoms with Gasteiger partial charge in [-0.1, -0.05) is 30.7 Å².